The van der Waals surface area contributed by atoms with Gasteiger partial charge in [-0.25, -0.2) is 0 Å². The highest BCUT2D eigenvalue weighted by Crippen LogP contribution is 2.26. The first-order chi connectivity index (χ1) is 7.27. The van der Waals surface area contributed by atoms with Crippen LogP contribution < -0.4 is 5.32 Å². The van der Waals surface area contributed by atoms with Gasteiger partial charge in [-0.05, 0) is 40.9 Å². The van der Waals surface area contributed by atoms with Crippen LogP contribution in [0, 0.1) is 0 Å². The molecule has 0 unspecified atom stereocenters. The second-order valence-electron chi connectivity index (χ2n) is 4.08. The highest BCUT2D eigenvalue weighted by Gasteiger charge is 2.22. The molecular weight excluding hydrogens is 254 g/mol. The lowest BCUT2D eigenvalue weighted by Gasteiger charge is -2.29. The maximum atomic E-state index is 9.84. The van der Waals surface area contributed by atoms with Crippen molar-refractivity contribution in [1.82, 2.24) is 0 Å². The standard InChI is InChI=1S/C12H16BrNO/c13-9-5-1-2-6-10(9)14-11-7-3-4-8-12(11)15/h1-2,5-6,11-12,14-15H,3-4,7-8H2/t11-,12-/m1/s1. The molecule has 2 atom stereocenters. The lowest BCUT2D eigenvalue weighted by atomic mass is 9.92. The number of benzene rings is 1. The molecule has 2 rings (SSSR count). The van der Waals surface area contributed by atoms with Crippen LogP contribution in [0.2, 0.25) is 0 Å². The minimum atomic E-state index is -0.203. The van der Waals surface area contributed by atoms with E-state index in [4.69, 9.17) is 0 Å². The predicted molar refractivity (Wildman–Crippen MR) is 66.0 cm³/mol. The van der Waals surface area contributed by atoms with Gasteiger partial charge >= 0.3 is 0 Å². The second kappa shape index (κ2) is 4.99. The molecule has 3 heteroatoms. The van der Waals surface area contributed by atoms with Crippen molar-refractivity contribution in [2.75, 3.05) is 5.32 Å². The number of rotatable bonds is 2. The van der Waals surface area contributed by atoms with Crippen LogP contribution in [0.5, 0.6) is 0 Å². The van der Waals surface area contributed by atoms with Gasteiger partial charge in [0, 0.05) is 10.2 Å². The third-order valence-corrected chi connectivity index (χ3v) is 3.64. The van der Waals surface area contributed by atoms with Crippen LogP contribution in [0.25, 0.3) is 0 Å². The molecule has 1 saturated carbocycles. The first-order valence-corrected chi connectivity index (χ1v) is 6.26. The molecule has 1 aromatic rings. The fraction of sp³-hybridized carbons (Fsp3) is 0.500. The number of halogens is 1. The van der Waals surface area contributed by atoms with E-state index in [1.165, 1.54) is 6.42 Å². The Bertz CT molecular complexity index is 329. The maximum absolute atomic E-state index is 9.84. The Morgan fingerprint density at radius 2 is 1.93 bits per heavy atom. The number of hydrogen-bond acceptors (Lipinski definition) is 2. The van der Waals surface area contributed by atoms with Gasteiger partial charge in [0.15, 0.2) is 0 Å². The number of aliphatic hydroxyl groups is 1. The van der Waals surface area contributed by atoms with E-state index < -0.39 is 0 Å². The molecule has 2 nitrogen and oxygen atoms in total. The summed E-state index contributed by atoms with van der Waals surface area (Å²) in [6, 6.07) is 8.25. The number of para-hydroxylation sites is 1. The first kappa shape index (κ1) is 11.0. The van der Waals surface area contributed by atoms with E-state index in [0.29, 0.717) is 0 Å². The summed E-state index contributed by atoms with van der Waals surface area (Å²) in [5, 5.41) is 13.2. The Balaban J connectivity index is 2.04. The van der Waals surface area contributed by atoms with Crippen LogP contribution in [0.15, 0.2) is 28.7 Å². The van der Waals surface area contributed by atoms with Crippen molar-refractivity contribution in [3.63, 3.8) is 0 Å². The van der Waals surface area contributed by atoms with Gasteiger partial charge in [-0.15, -0.1) is 0 Å². The molecule has 82 valence electrons. The van der Waals surface area contributed by atoms with Gasteiger partial charge < -0.3 is 10.4 Å². The molecule has 1 aliphatic carbocycles. The van der Waals surface area contributed by atoms with Crippen LogP contribution in [0.1, 0.15) is 25.7 Å². The van der Waals surface area contributed by atoms with Gasteiger partial charge in [-0.2, -0.15) is 0 Å². The Kier molecular flexibility index (Phi) is 3.65. The highest BCUT2D eigenvalue weighted by molar-refractivity contribution is 9.10. The normalized spacial score (nSPS) is 26.3. The van der Waals surface area contributed by atoms with Gasteiger partial charge in [-0.3, -0.25) is 0 Å². The summed E-state index contributed by atoms with van der Waals surface area (Å²) in [4.78, 5) is 0. The fourth-order valence-corrected chi connectivity index (χ4v) is 2.46. The number of anilines is 1. The second-order valence-corrected chi connectivity index (χ2v) is 4.94. The lowest BCUT2D eigenvalue weighted by molar-refractivity contribution is 0.116. The molecule has 0 heterocycles. The lowest BCUT2D eigenvalue weighted by Crippen LogP contribution is -2.36. The molecule has 1 aromatic carbocycles. The van der Waals surface area contributed by atoms with E-state index in [1.54, 1.807) is 0 Å². The van der Waals surface area contributed by atoms with Gasteiger partial charge in [-0.1, -0.05) is 25.0 Å². The molecule has 0 spiro atoms. The fourth-order valence-electron chi connectivity index (χ4n) is 2.06. The van der Waals surface area contributed by atoms with E-state index >= 15 is 0 Å². The zero-order valence-electron chi connectivity index (χ0n) is 8.62. The molecule has 0 amide bonds. The van der Waals surface area contributed by atoms with Crippen LogP contribution in [-0.2, 0) is 0 Å². The molecule has 0 radical (unpaired) electrons. The molecule has 0 bridgehead atoms. The minimum Gasteiger partial charge on any atom is -0.391 e. The van der Waals surface area contributed by atoms with Crippen LogP contribution in [0.3, 0.4) is 0 Å². The summed E-state index contributed by atoms with van der Waals surface area (Å²) in [6.07, 6.45) is 4.13. The topological polar surface area (TPSA) is 32.3 Å². The number of hydrogen-bond donors (Lipinski definition) is 2. The zero-order valence-corrected chi connectivity index (χ0v) is 10.2. The SMILES string of the molecule is O[C@@H]1CCCC[C@H]1Nc1ccccc1Br. The van der Waals surface area contributed by atoms with Gasteiger partial charge in [0.25, 0.3) is 0 Å². The Morgan fingerprint density at radius 3 is 2.67 bits per heavy atom. The van der Waals surface area contributed by atoms with Crippen molar-refractivity contribution in [3.8, 4) is 0 Å². The summed E-state index contributed by atoms with van der Waals surface area (Å²) in [6.45, 7) is 0. The van der Waals surface area contributed by atoms with E-state index in [9.17, 15) is 5.11 Å². The van der Waals surface area contributed by atoms with E-state index in [-0.39, 0.29) is 12.1 Å². The van der Waals surface area contributed by atoms with E-state index in [2.05, 4.69) is 21.2 Å². The van der Waals surface area contributed by atoms with E-state index in [0.717, 1.165) is 29.4 Å². The third-order valence-electron chi connectivity index (χ3n) is 2.94. The summed E-state index contributed by atoms with van der Waals surface area (Å²) >= 11 is 3.50. The third kappa shape index (κ3) is 2.73. The quantitative estimate of drug-likeness (QED) is 0.865. The molecule has 2 N–H and O–H groups in total. The van der Waals surface area contributed by atoms with Crippen molar-refractivity contribution < 1.29 is 5.11 Å². The van der Waals surface area contributed by atoms with Crippen LogP contribution >= 0.6 is 15.9 Å². The van der Waals surface area contributed by atoms with Crippen LogP contribution in [0.4, 0.5) is 5.69 Å². The monoisotopic (exact) mass is 269 g/mol. The largest absolute Gasteiger partial charge is 0.391 e. The smallest absolute Gasteiger partial charge is 0.0741 e. The zero-order chi connectivity index (χ0) is 10.7. The number of aliphatic hydroxyl groups excluding tert-OH is 1. The molecule has 1 fully saturated rings. The number of nitrogens with one attached hydrogen (secondary N) is 1. The molecule has 1 aliphatic rings. The summed E-state index contributed by atoms with van der Waals surface area (Å²) in [5.41, 5.74) is 1.07. The van der Waals surface area contributed by atoms with Crippen LogP contribution in [-0.4, -0.2) is 17.3 Å². The average molecular weight is 270 g/mol. The Morgan fingerprint density at radius 1 is 1.20 bits per heavy atom. The van der Waals surface area contributed by atoms with E-state index in [1.807, 2.05) is 24.3 Å². The maximum Gasteiger partial charge on any atom is 0.0741 e. The van der Waals surface area contributed by atoms with Crippen molar-refractivity contribution in [3.05, 3.63) is 28.7 Å². The Labute approximate surface area is 98.8 Å². The average Bonchev–Trinajstić information content (AvgIpc) is 2.24. The van der Waals surface area contributed by atoms with Crippen molar-refractivity contribution >= 4 is 21.6 Å². The first-order valence-electron chi connectivity index (χ1n) is 5.46. The van der Waals surface area contributed by atoms with Gasteiger partial charge in [0.05, 0.1) is 12.1 Å². The highest BCUT2D eigenvalue weighted by atomic mass is 79.9. The summed E-state index contributed by atoms with van der Waals surface area (Å²) in [7, 11) is 0. The predicted octanol–water partition coefficient (Wildman–Crippen LogP) is 3.16. The molecular formula is C12H16BrNO. The van der Waals surface area contributed by atoms with Crippen molar-refractivity contribution in [2.45, 2.75) is 37.8 Å². The molecule has 0 aliphatic heterocycles. The van der Waals surface area contributed by atoms with Gasteiger partial charge in [0.1, 0.15) is 0 Å². The molecule has 0 saturated heterocycles. The van der Waals surface area contributed by atoms with Crippen molar-refractivity contribution in [1.29, 1.82) is 0 Å². The van der Waals surface area contributed by atoms with Crippen molar-refractivity contribution in [2.24, 2.45) is 0 Å². The Hall–Kier alpha value is -0.540. The summed E-state index contributed by atoms with van der Waals surface area (Å²) < 4.78 is 1.06. The minimum absolute atomic E-state index is 0.203. The summed E-state index contributed by atoms with van der Waals surface area (Å²) in [5.74, 6) is 0. The van der Waals surface area contributed by atoms with Gasteiger partial charge in [0.2, 0.25) is 0 Å². The molecule has 15 heavy (non-hydrogen) atoms. The molecule has 0 aromatic heterocycles.